The van der Waals surface area contributed by atoms with Crippen molar-refractivity contribution >= 4 is 28.9 Å². The molecule has 1 aromatic rings. The van der Waals surface area contributed by atoms with E-state index in [2.05, 4.69) is 15.2 Å². The van der Waals surface area contributed by atoms with Gasteiger partial charge < -0.3 is 15.3 Å². The molecule has 0 aliphatic carbocycles. The Bertz CT molecular complexity index is 575. The lowest BCUT2D eigenvalue weighted by Crippen LogP contribution is -2.45. The second kappa shape index (κ2) is 5.68. The predicted molar refractivity (Wildman–Crippen MR) is 80.6 cm³/mol. The van der Waals surface area contributed by atoms with Gasteiger partial charge in [-0.05, 0) is 35.5 Å². The van der Waals surface area contributed by atoms with Crippen molar-refractivity contribution in [1.29, 1.82) is 0 Å². The van der Waals surface area contributed by atoms with Crippen molar-refractivity contribution < 1.29 is 9.90 Å². The lowest BCUT2D eigenvalue weighted by molar-refractivity contribution is -0.113. The number of thioether (sulfide) groups is 1. The van der Waals surface area contributed by atoms with Gasteiger partial charge in [-0.3, -0.25) is 4.79 Å². The number of nitrogens with one attached hydrogen (secondary N) is 1. The van der Waals surface area contributed by atoms with Crippen molar-refractivity contribution in [2.24, 2.45) is 4.99 Å². The van der Waals surface area contributed by atoms with E-state index >= 15 is 0 Å². The number of hydrogen-bond acceptors (Lipinski definition) is 5. The van der Waals surface area contributed by atoms with Crippen LogP contribution in [0.5, 0.6) is 5.75 Å². The zero-order valence-electron chi connectivity index (χ0n) is 10.9. The molecule has 0 bridgehead atoms. The number of phenols is 1. The second-order valence-corrected chi connectivity index (χ2v) is 5.65. The Kier molecular flexibility index (Phi) is 3.75. The number of aromatic hydroxyl groups is 1. The number of amidine groups is 1. The molecule has 1 saturated heterocycles. The third kappa shape index (κ3) is 2.86. The number of hydrogen-bond donors (Lipinski definition) is 2. The quantitative estimate of drug-likeness (QED) is 0.762. The van der Waals surface area contributed by atoms with Crippen molar-refractivity contribution in [3.8, 4) is 5.75 Å². The summed E-state index contributed by atoms with van der Waals surface area (Å²) in [6.45, 7) is 3.60. The van der Waals surface area contributed by atoms with Crippen LogP contribution in [0.25, 0.3) is 6.08 Å². The van der Waals surface area contributed by atoms with Crippen molar-refractivity contribution in [2.75, 3.05) is 26.2 Å². The molecular formula is C14H15N3O2S. The first-order valence-electron chi connectivity index (χ1n) is 6.50. The maximum atomic E-state index is 11.9. The molecule has 0 aromatic heterocycles. The lowest BCUT2D eigenvalue weighted by atomic mass is 10.2. The van der Waals surface area contributed by atoms with Gasteiger partial charge in [0.1, 0.15) is 5.75 Å². The highest BCUT2D eigenvalue weighted by molar-refractivity contribution is 8.18. The van der Waals surface area contributed by atoms with Crippen LogP contribution < -0.4 is 5.32 Å². The van der Waals surface area contributed by atoms with Crippen LogP contribution in [0, 0.1) is 0 Å². The maximum absolute atomic E-state index is 11.9. The number of aliphatic imine (C=N–C) groups is 1. The highest BCUT2D eigenvalue weighted by Crippen LogP contribution is 2.30. The van der Waals surface area contributed by atoms with Crippen LogP contribution in [0.15, 0.2) is 34.2 Å². The van der Waals surface area contributed by atoms with Crippen molar-refractivity contribution in [3.63, 3.8) is 0 Å². The van der Waals surface area contributed by atoms with Crippen molar-refractivity contribution in [1.82, 2.24) is 10.2 Å². The highest BCUT2D eigenvalue weighted by Gasteiger charge is 2.26. The molecule has 0 saturated carbocycles. The summed E-state index contributed by atoms with van der Waals surface area (Å²) in [6.07, 6.45) is 1.81. The molecule has 2 N–H and O–H groups in total. The Morgan fingerprint density at radius 3 is 2.65 bits per heavy atom. The molecular weight excluding hydrogens is 274 g/mol. The van der Waals surface area contributed by atoms with E-state index in [-0.39, 0.29) is 11.7 Å². The van der Waals surface area contributed by atoms with E-state index in [1.54, 1.807) is 24.3 Å². The van der Waals surface area contributed by atoms with Crippen LogP contribution in [0.2, 0.25) is 0 Å². The number of carbonyl (C=O) groups is 1. The fourth-order valence-corrected chi connectivity index (χ4v) is 3.08. The standard InChI is InChI=1S/C14H15N3O2S/c18-11-3-1-10(2-4-11)9-12-13(19)16-14(20-12)17-7-5-15-6-8-17/h1-4,9,15,18H,5-8H2/b12-9+. The number of nitrogens with zero attached hydrogens (tertiary/aromatic N) is 2. The molecule has 1 aromatic carbocycles. The van der Waals surface area contributed by atoms with Gasteiger partial charge in [-0.15, -0.1) is 0 Å². The molecule has 0 atom stereocenters. The summed E-state index contributed by atoms with van der Waals surface area (Å²) in [5.74, 6) is 0.0342. The molecule has 2 aliphatic rings. The van der Waals surface area contributed by atoms with Gasteiger partial charge in [0.25, 0.3) is 5.91 Å². The van der Waals surface area contributed by atoms with E-state index in [1.165, 1.54) is 11.8 Å². The number of phenolic OH excluding ortho intramolecular Hbond substituents is 1. The number of rotatable bonds is 1. The Morgan fingerprint density at radius 2 is 1.95 bits per heavy atom. The fraction of sp³-hybridized carbons (Fsp3) is 0.286. The van der Waals surface area contributed by atoms with E-state index in [1.807, 2.05) is 6.08 Å². The third-order valence-electron chi connectivity index (χ3n) is 3.19. The first-order chi connectivity index (χ1) is 9.72. The zero-order chi connectivity index (χ0) is 13.9. The van der Waals surface area contributed by atoms with E-state index in [0.717, 1.165) is 36.9 Å². The summed E-state index contributed by atoms with van der Waals surface area (Å²) >= 11 is 1.42. The minimum atomic E-state index is -0.184. The van der Waals surface area contributed by atoms with E-state index in [0.29, 0.717) is 4.91 Å². The maximum Gasteiger partial charge on any atom is 0.286 e. The number of benzene rings is 1. The van der Waals surface area contributed by atoms with Crippen molar-refractivity contribution in [3.05, 3.63) is 34.7 Å². The molecule has 20 heavy (non-hydrogen) atoms. The Hall–Kier alpha value is -1.79. The van der Waals surface area contributed by atoms with E-state index in [9.17, 15) is 9.90 Å². The van der Waals surface area contributed by atoms with Crippen LogP contribution in [0.4, 0.5) is 0 Å². The Morgan fingerprint density at radius 1 is 1.25 bits per heavy atom. The van der Waals surface area contributed by atoms with Crippen LogP contribution in [0.1, 0.15) is 5.56 Å². The Balaban J connectivity index is 1.74. The lowest BCUT2D eigenvalue weighted by Gasteiger charge is -2.27. The molecule has 6 heteroatoms. The molecule has 0 radical (unpaired) electrons. The van der Waals surface area contributed by atoms with Gasteiger partial charge in [0, 0.05) is 26.2 Å². The number of piperazine rings is 1. The molecule has 0 unspecified atom stereocenters. The van der Waals surface area contributed by atoms with Crippen LogP contribution in [-0.2, 0) is 4.79 Å². The summed E-state index contributed by atoms with van der Waals surface area (Å²) < 4.78 is 0. The van der Waals surface area contributed by atoms with Crippen LogP contribution in [0.3, 0.4) is 0 Å². The first-order valence-corrected chi connectivity index (χ1v) is 7.31. The number of amides is 1. The SMILES string of the molecule is O=C1N=C(N2CCNCC2)S/C1=C/c1ccc(O)cc1. The van der Waals surface area contributed by atoms with Gasteiger partial charge in [0.05, 0.1) is 4.91 Å². The molecule has 5 nitrogen and oxygen atoms in total. The molecule has 2 aliphatic heterocycles. The molecule has 2 heterocycles. The largest absolute Gasteiger partial charge is 0.508 e. The average molecular weight is 289 g/mol. The summed E-state index contributed by atoms with van der Waals surface area (Å²) in [7, 11) is 0. The fourth-order valence-electron chi connectivity index (χ4n) is 2.11. The van der Waals surface area contributed by atoms with Crippen LogP contribution >= 0.6 is 11.8 Å². The normalized spacial score (nSPS) is 21.4. The van der Waals surface area contributed by atoms with Crippen LogP contribution in [-0.4, -0.2) is 47.3 Å². The Labute approximate surface area is 121 Å². The van der Waals surface area contributed by atoms with E-state index in [4.69, 9.17) is 0 Å². The molecule has 1 fully saturated rings. The topological polar surface area (TPSA) is 64.9 Å². The number of carbonyl (C=O) groups excluding carboxylic acids is 1. The molecule has 1 amide bonds. The molecule has 0 spiro atoms. The monoisotopic (exact) mass is 289 g/mol. The average Bonchev–Trinajstić information content (AvgIpc) is 2.84. The van der Waals surface area contributed by atoms with Crippen molar-refractivity contribution in [2.45, 2.75) is 0 Å². The summed E-state index contributed by atoms with van der Waals surface area (Å²) in [6, 6.07) is 6.76. The first kappa shape index (κ1) is 13.2. The van der Waals surface area contributed by atoms with E-state index < -0.39 is 0 Å². The predicted octanol–water partition coefficient (Wildman–Crippen LogP) is 1.27. The highest BCUT2D eigenvalue weighted by atomic mass is 32.2. The summed E-state index contributed by atoms with van der Waals surface area (Å²) in [5.41, 5.74) is 0.885. The second-order valence-electron chi connectivity index (χ2n) is 4.64. The minimum absolute atomic E-state index is 0.184. The smallest absolute Gasteiger partial charge is 0.286 e. The summed E-state index contributed by atoms with van der Waals surface area (Å²) in [5, 5.41) is 13.3. The van der Waals surface area contributed by atoms with Gasteiger partial charge >= 0.3 is 0 Å². The van der Waals surface area contributed by atoms with Gasteiger partial charge in [-0.2, -0.15) is 4.99 Å². The summed E-state index contributed by atoms with van der Waals surface area (Å²) in [4.78, 5) is 18.8. The van der Waals surface area contributed by atoms with Gasteiger partial charge in [-0.25, -0.2) is 0 Å². The van der Waals surface area contributed by atoms with Gasteiger partial charge in [-0.1, -0.05) is 12.1 Å². The molecule has 3 rings (SSSR count). The molecule has 104 valence electrons. The zero-order valence-corrected chi connectivity index (χ0v) is 11.7. The van der Waals surface area contributed by atoms with Gasteiger partial charge in [0.15, 0.2) is 5.17 Å². The van der Waals surface area contributed by atoms with Gasteiger partial charge in [0.2, 0.25) is 0 Å². The minimum Gasteiger partial charge on any atom is -0.508 e. The third-order valence-corrected chi connectivity index (χ3v) is 4.23.